The van der Waals surface area contributed by atoms with Crippen LogP contribution in [0.2, 0.25) is 0 Å². The average Bonchev–Trinajstić information content (AvgIpc) is 3.03. The third-order valence-electron chi connectivity index (χ3n) is 6.10. The van der Waals surface area contributed by atoms with Crippen molar-refractivity contribution in [2.75, 3.05) is 10.6 Å². The number of nitrogens with one attached hydrogen (secondary N) is 2. The summed E-state index contributed by atoms with van der Waals surface area (Å²) in [5, 5.41) is 12.7. The van der Waals surface area contributed by atoms with Gasteiger partial charge in [0.2, 0.25) is 5.95 Å². The Kier molecular flexibility index (Phi) is 5.75. The summed E-state index contributed by atoms with van der Waals surface area (Å²) in [6, 6.07) is 17.0. The zero-order valence-electron chi connectivity index (χ0n) is 18.8. The van der Waals surface area contributed by atoms with E-state index in [-0.39, 0.29) is 0 Å². The van der Waals surface area contributed by atoms with Gasteiger partial charge in [-0.25, -0.2) is 4.68 Å². The van der Waals surface area contributed by atoms with E-state index >= 15 is 0 Å². The van der Waals surface area contributed by atoms with E-state index in [9.17, 15) is 0 Å². The molecule has 0 aliphatic heterocycles. The monoisotopic (exact) mass is 426 g/mol. The minimum atomic E-state index is 0.414. The summed E-state index contributed by atoms with van der Waals surface area (Å²) in [6.07, 6.45) is 9.34. The van der Waals surface area contributed by atoms with Crippen LogP contribution in [0, 0.1) is 13.8 Å². The molecule has 6 heteroatoms. The lowest BCUT2D eigenvalue weighted by Gasteiger charge is -2.17. The highest BCUT2D eigenvalue weighted by Gasteiger charge is 2.18. The van der Waals surface area contributed by atoms with E-state index in [1.54, 1.807) is 0 Å². The highest BCUT2D eigenvalue weighted by molar-refractivity contribution is 5.90. The highest BCUT2D eigenvalue weighted by Crippen LogP contribution is 2.29. The van der Waals surface area contributed by atoms with Gasteiger partial charge in [-0.2, -0.15) is 15.1 Å². The fraction of sp³-hybridized carbons (Fsp3) is 0.346. The number of benzene rings is 2. The second-order valence-electron chi connectivity index (χ2n) is 8.86. The van der Waals surface area contributed by atoms with Crippen LogP contribution in [0.5, 0.6) is 0 Å². The Morgan fingerprint density at radius 1 is 0.875 bits per heavy atom. The summed E-state index contributed by atoms with van der Waals surface area (Å²) < 4.78 is 1.89. The van der Waals surface area contributed by atoms with Gasteiger partial charge >= 0.3 is 0 Å². The largest absolute Gasteiger partial charge is 0.351 e. The van der Waals surface area contributed by atoms with E-state index < -0.39 is 0 Å². The third kappa shape index (κ3) is 4.44. The van der Waals surface area contributed by atoms with Crippen molar-refractivity contribution in [3.63, 3.8) is 0 Å². The van der Waals surface area contributed by atoms with E-state index in [0.717, 1.165) is 28.2 Å². The number of fused-ring (bicyclic) bond motifs is 1. The minimum absolute atomic E-state index is 0.414. The second kappa shape index (κ2) is 8.99. The lowest BCUT2D eigenvalue weighted by Crippen LogP contribution is -2.20. The molecule has 6 nitrogen and oxygen atoms in total. The molecule has 0 bridgehead atoms. The predicted molar refractivity (Wildman–Crippen MR) is 131 cm³/mol. The molecule has 0 spiro atoms. The number of aryl methyl sites for hydroxylation is 2. The Bertz CT molecular complexity index is 1190. The maximum Gasteiger partial charge on any atom is 0.226 e. The van der Waals surface area contributed by atoms with Crippen LogP contribution in [-0.4, -0.2) is 25.8 Å². The van der Waals surface area contributed by atoms with Gasteiger partial charge in [-0.05, 0) is 62.1 Å². The minimum Gasteiger partial charge on any atom is -0.351 e. The Labute approximate surface area is 189 Å². The van der Waals surface area contributed by atoms with Gasteiger partial charge in [-0.1, -0.05) is 49.9 Å². The first-order valence-electron chi connectivity index (χ1n) is 11.6. The van der Waals surface area contributed by atoms with Gasteiger partial charge in [0, 0.05) is 11.7 Å². The van der Waals surface area contributed by atoms with Crippen molar-refractivity contribution in [3.8, 4) is 5.69 Å². The number of hydrogen-bond acceptors (Lipinski definition) is 5. The van der Waals surface area contributed by atoms with Crippen LogP contribution in [0.3, 0.4) is 0 Å². The molecule has 32 heavy (non-hydrogen) atoms. The lowest BCUT2D eigenvalue weighted by atomic mass is 10.1. The molecule has 1 fully saturated rings. The molecule has 0 radical (unpaired) electrons. The van der Waals surface area contributed by atoms with Crippen molar-refractivity contribution in [3.05, 3.63) is 65.9 Å². The Morgan fingerprint density at radius 2 is 1.59 bits per heavy atom. The molecule has 1 saturated carbocycles. The molecule has 2 aromatic heterocycles. The fourth-order valence-electron chi connectivity index (χ4n) is 4.62. The van der Waals surface area contributed by atoms with Crippen LogP contribution in [0.15, 0.2) is 54.7 Å². The van der Waals surface area contributed by atoms with Crippen LogP contribution < -0.4 is 10.6 Å². The Morgan fingerprint density at radius 3 is 2.31 bits per heavy atom. The number of nitrogens with zero attached hydrogens (tertiary/aromatic N) is 4. The molecule has 2 N–H and O–H groups in total. The van der Waals surface area contributed by atoms with Crippen LogP contribution in [0.1, 0.15) is 49.7 Å². The van der Waals surface area contributed by atoms with Crippen molar-refractivity contribution in [2.24, 2.45) is 0 Å². The maximum absolute atomic E-state index is 4.91. The highest BCUT2D eigenvalue weighted by atomic mass is 15.3. The molecular weight excluding hydrogens is 396 g/mol. The standard InChI is InChI=1S/C26H30N6/c1-18-14-19(2)16-21(15-18)28-24-23-17-27-32(22-12-8-5-9-13-22)25(23)31-26(30-24)29-20-10-6-3-4-7-11-20/h5,8-9,12-17,20H,3-4,6-7,10-11H2,1-2H3,(H2,28,29,30,31). The topological polar surface area (TPSA) is 67.7 Å². The third-order valence-corrected chi connectivity index (χ3v) is 6.10. The quantitative estimate of drug-likeness (QED) is 0.366. The molecule has 1 aliphatic rings. The van der Waals surface area contributed by atoms with E-state index in [2.05, 4.69) is 47.8 Å². The summed E-state index contributed by atoms with van der Waals surface area (Å²) in [5.41, 5.74) is 5.24. The Hall–Kier alpha value is -3.41. The van der Waals surface area contributed by atoms with E-state index in [0.29, 0.717) is 12.0 Å². The van der Waals surface area contributed by atoms with Crippen LogP contribution in [0.25, 0.3) is 16.7 Å². The zero-order valence-corrected chi connectivity index (χ0v) is 18.8. The summed E-state index contributed by atoms with van der Waals surface area (Å²) in [6.45, 7) is 4.22. The summed E-state index contributed by atoms with van der Waals surface area (Å²) in [4.78, 5) is 9.81. The van der Waals surface area contributed by atoms with Gasteiger partial charge in [0.05, 0.1) is 17.3 Å². The van der Waals surface area contributed by atoms with Gasteiger partial charge < -0.3 is 10.6 Å². The van der Waals surface area contributed by atoms with Gasteiger partial charge in [-0.3, -0.25) is 0 Å². The second-order valence-corrected chi connectivity index (χ2v) is 8.86. The normalized spacial score (nSPS) is 14.9. The number of hydrogen-bond donors (Lipinski definition) is 2. The Balaban J connectivity index is 1.58. The molecular formula is C26H30N6. The first-order chi connectivity index (χ1) is 15.7. The van der Waals surface area contributed by atoms with Crippen LogP contribution in [-0.2, 0) is 0 Å². The first-order valence-corrected chi connectivity index (χ1v) is 11.6. The molecule has 0 atom stereocenters. The van der Waals surface area contributed by atoms with Crippen molar-refractivity contribution < 1.29 is 0 Å². The first kappa shape index (κ1) is 20.5. The zero-order chi connectivity index (χ0) is 21.9. The van der Waals surface area contributed by atoms with Crippen molar-refractivity contribution >= 4 is 28.5 Å². The van der Waals surface area contributed by atoms with Crippen LogP contribution >= 0.6 is 0 Å². The fourth-order valence-corrected chi connectivity index (χ4v) is 4.62. The average molecular weight is 427 g/mol. The smallest absolute Gasteiger partial charge is 0.226 e. The molecule has 1 aliphatic carbocycles. The van der Waals surface area contributed by atoms with E-state index in [1.807, 2.05) is 41.2 Å². The van der Waals surface area contributed by atoms with Crippen molar-refractivity contribution in [2.45, 2.75) is 58.4 Å². The molecule has 0 amide bonds. The van der Waals surface area contributed by atoms with Gasteiger partial charge in [-0.15, -0.1) is 0 Å². The maximum atomic E-state index is 4.91. The van der Waals surface area contributed by atoms with Crippen molar-refractivity contribution in [1.82, 2.24) is 19.7 Å². The summed E-state index contributed by atoms with van der Waals surface area (Å²) in [5.74, 6) is 1.44. The lowest BCUT2D eigenvalue weighted by molar-refractivity contribution is 0.615. The van der Waals surface area contributed by atoms with Crippen LogP contribution in [0.4, 0.5) is 17.5 Å². The molecule has 0 saturated heterocycles. The van der Waals surface area contributed by atoms with E-state index in [4.69, 9.17) is 9.97 Å². The molecule has 2 heterocycles. The number of para-hydroxylation sites is 1. The molecule has 2 aromatic carbocycles. The molecule has 164 valence electrons. The molecule has 0 unspecified atom stereocenters. The van der Waals surface area contributed by atoms with Crippen molar-refractivity contribution in [1.29, 1.82) is 0 Å². The van der Waals surface area contributed by atoms with Gasteiger partial charge in [0.25, 0.3) is 0 Å². The van der Waals surface area contributed by atoms with E-state index in [1.165, 1.54) is 49.7 Å². The molecule has 4 aromatic rings. The number of anilines is 3. The van der Waals surface area contributed by atoms with Gasteiger partial charge in [0.1, 0.15) is 5.82 Å². The predicted octanol–water partition coefficient (Wildman–Crippen LogP) is 6.31. The summed E-state index contributed by atoms with van der Waals surface area (Å²) >= 11 is 0. The SMILES string of the molecule is Cc1cc(C)cc(Nc2nc(NC3CCCCCC3)nc3c2cnn3-c2ccccc2)c1. The summed E-state index contributed by atoms with van der Waals surface area (Å²) in [7, 11) is 0. The molecule has 5 rings (SSSR count). The number of rotatable bonds is 5. The van der Waals surface area contributed by atoms with Gasteiger partial charge in [0.15, 0.2) is 5.65 Å². The number of aromatic nitrogens is 4.